The van der Waals surface area contributed by atoms with Gasteiger partial charge in [0.2, 0.25) is 0 Å². The summed E-state index contributed by atoms with van der Waals surface area (Å²) in [5, 5.41) is 24.7. The lowest BCUT2D eigenvalue weighted by molar-refractivity contribution is -0.386. The summed E-state index contributed by atoms with van der Waals surface area (Å²) >= 11 is 6.10. The fourth-order valence-electron chi connectivity index (χ4n) is 1.91. The maximum atomic E-state index is 11.0. The third-order valence-electron chi connectivity index (χ3n) is 3.03. The van der Waals surface area contributed by atoms with Crippen molar-refractivity contribution in [1.82, 2.24) is 9.78 Å². The number of aromatic nitrogens is 2. The maximum Gasteiger partial charge on any atom is 0.311 e. The van der Waals surface area contributed by atoms with E-state index in [4.69, 9.17) is 21.4 Å². The average Bonchev–Trinajstić information content (AvgIpc) is 2.70. The summed E-state index contributed by atoms with van der Waals surface area (Å²) in [5.41, 5.74) is 1.55. The van der Waals surface area contributed by atoms with Gasteiger partial charge in [0, 0.05) is 13.1 Å². The number of nitro benzene ring substituents is 1. The molecule has 0 unspecified atom stereocenters. The van der Waals surface area contributed by atoms with Gasteiger partial charge in [0.25, 0.3) is 0 Å². The first kappa shape index (κ1) is 15.3. The van der Waals surface area contributed by atoms with E-state index in [1.165, 1.54) is 12.1 Å². The quantitative estimate of drug-likeness (QED) is 0.676. The molecule has 0 atom stereocenters. The number of nitro groups is 1. The van der Waals surface area contributed by atoms with Crippen molar-refractivity contribution in [3.05, 3.63) is 50.3 Å². The molecule has 0 aliphatic heterocycles. The molecule has 1 aromatic heterocycles. The van der Waals surface area contributed by atoms with E-state index in [9.17, 15) is 10.1 Å². The normalized spacial score (nSPS) is 10.7. The third kappa shape index (κ3) is 3.14. The van der Waals surface area contributed by atoms with E-state index in [1.807, 2.05) is 0 Å². The highest BCUT2D eigenvalue weighted by Crippen LogP contribution is 2.29. The molecule has 0 saturated carbocycles. The molecule has 0 aliphatic carbocycles. The SMILES string of the molecule is Cc1nn(C)c(COc2ccc(CO)cc2[N+](=O)[O-])c1Cl. The lowest BCUT2D eigenvalue weighted by atomic mass is 10.2. The van der Waals surface area contributed by atoms with E-state index in [1.54, 1.807) is 24.7 Å². The molecule has 2 aromatic rings. The van der Waals surface area contributed by atoms with E-state index in [0.717, 1.165) is 0 Å². The van der Waals surface area contributed by atoms with Gasteiger partial charge in [-0.3, -0.25) is 14.8 Å². The number of aryl methyl sites for hydroxylation is 2. The summed E-state index contributed by atoms with van der Waals surface area (Å²) in [6.07, 6.45) is 0. The highest BCUT2D eigenvalue weighted by atomic mass is 35.5. The van der Waals surface area contributed by atoms with E-state index in [0.29, 0.717) is 22.0 Å². The Morgan fingerprint density at radius 2 is 2.24 bits per heavy atom. The first-order valence-corrected chi connectivity index (χ1v) is 6.50. The van der Waals surface area contributed by atoms with Crippen LogP contribution >= 0.6 is 11.6 Å². The van der Waals surface area contributed by atoms with Crippen LogP contribution in [0.25, 0.3) is 0 Å². The molecule has 7 nitrogen and oxygen atoms in total. The van der Waals surface area contributed by atoms with Crippen LogP contribution in [-0.4, -0.2) is 19.8 Å². The highest BCUT2D eigenvalue weighted by molar-refractivity contribution is 6.31. The maximum absolute atomic E-state index is 11.0. The first-order chi connectivity index (χ1) is 9.93. The van der Waals surface area contributed by atoms with Crippen LogP contribution in [0, 0.1) is 17.0 Å². The van der Waals surface area contributed by atoms with Gasteiger partial charge in [-0.2, -0.15) is 5.10 Å². The average molecular weight is 312 g/mol. The van der Waals surface area contributed by atoms with Gasteiger partial charge < -0.3 is 9.84 Å². The zero-order valence-electron chi connectivity index (χ0n) is 11.5. The molecular formula is C13H14ClN3O4. The minimum atomic E-state index is -0.551. The standard InChI is InChI=1S/C13H14ClN3O4/c1-8-13(14)11(16(2)15-8)7-21-12-4-3-9(6-18)5-10(12)17(19)20/h3-5,18H,6-7H2,1-2H3. The summed E-state index contributed by atoms with van der Waals surface area (Å²) < 4.78 is 7.07. The van der Waals surface area contributed by atoms with E-state index < -0.39 is 4.92 Å². The van der Waals surface area contributed by atoms with Crippen LogP contribution in [-0.2, 0) is 20.3 Å². The molecule has 8 heteroatoms. The number of aliphatic hydroxyl groups is 1. The third-order valence-corrected chi connectivity index (χ3v) is 3.52. The summed E-state index contributed by atoms with van der Waals surface area (Å²) in [5.74, 6) is 0.118. The number of ether oxygens (including phenoxy) is 1. The van der Waals surface area contributed by atoms with Crippen LogP contribution in [0.4, 0.5) is 5.69 Å². The zero-order valence-corrected chi connectivity index (χ0v) is 12.3. The van der Waals surface area contributed by atoms with Crippen molar-refractivity contribution in [2.24, 2.45) is 7.05 Å². The molecule has 0 spiro atoms. The van der Waals surface area contributed by atoms with Crippen molar-refractivity contribution in [2.75, 3.05) is 0 Å². The Hall–Kier alpha value is -2.12. The summed E-state index contributed by atoms with van der Waals surface area (Å²) in [6.45, 7) is 1.56. The Morgan fingerprint density at radius 3 is 2.76 bits per heavy atom. The van der Waals surface area contributed by atoms with Gasteiger partial charge in [0.15, 0.2) is 5.75 Å². The van der Waals surface area contributed by atoms with Crippen molar-refractivity contribution in [3.63, 3.8) is 0 Å². The highest BCUT2D eigenvalue weighted by Gasteiger charge is 2.18. The second-order valence-electron chi connectivity index (χ2n) is 4.48. The minimum Gasteiger partial charge on any atom is -0.480 e. The zero-order chi connectivity index (χ0) is 15.6. The van der Waals surface area contributed by atoms with Crippen LogP contribution < -0.4 is 4.74 Å². The Kier molecular flexibility index (Phi) is 4.44. The Bertz CT molecular complexity index is 684. The van der Waals surface area contributed by atoms with Crippen LogP contribution in [0.5, 0.6) is 5.75 Å². The van der Waals surface area contributed by atoms with Crippen molar-refractivity contribution in [2.45, 2.75) is 20.1 Å². The topological polar surface area (TPSA) is 90.4 Å². The molecule has 1 N–H and O–H groups in total. The Morgan fingerprint density at radius 1 is 1.52 bits per heavy atom. The molecule has 1 heterocycles. The van der Waals surface area contributed by atoms with E-state index >= 15 is 0 Å². The second kappa shape index (κ2) is 6.11. The molecule has 2 rings (SSSR count). The predicted octanol–water partition coefficient (Wildman–Crippen LogP) is 2.36. The number of benzene rings is 1. The lowest BCUT2D eigenvalue weighted by Crippen LogP contribution is -2.05. The molecule has 0 amide bonds. The largest absolute Gasteiger partial charge is 0.480 e. The van der Waals surface area contributed by atoms with Gasteiger partial charge in [0.1, 0.15) is 6.61 Å². The Labute approximate surface area is 125 Å². The van der Waals surface area contributed by atoms with Gasteiger partial charge in [-0.25, -0.2) is 0 Å². The monoisotopic (exact) mass is 311 g/mol. The molecule has 0 aliphatic rings. The molecule has 1 aromatic carbocycles. The van der Waals surface area contributed by atoms with Gasteiger partial charge in [-0.15, -0.1) is 0 Å². The number of aliphatic hydroxyl groups excluding tert-OH is 1. The first-order valence-electron chi connectivity index (χ1n) is 6.13. The molecule has 0 radical (unpaired) electrons. The number of rotatable bonds is 5. The lowest BCUT2D eigenvalue weighted by Gasteiger charge is -2.08. The van der Waals surface area contributed by atoms with Crippen LogP contribution in [0.1, 0.15) is 17.0 Å². The van der Waals surface area contributed by atoms with Crippen LogP contribution in [0.15, 0.2) is 18.2 Å². The van der Waals surface area contributed by atoms with Crippen LogP contribution in [0.3, 0.4) is 0 Å². The summed E-state index contributed by atoms with van der Waals surface area (Å²) in [4.78, 5) is 10.5. The fourth-order valence-corrected chi connectivity index (χ4v) is 2.12. The molecule has 0 bridgehead atoms. The van der Waals surface area contributed by atoms with E-state index in [-0.39, 0.29) is 24.7 Å². The van der Waals surface area contributed by atoms with Gasteiger partial charge in [0.05, 0.1) is 27.9 Å². The molecular weight excluding hydrogens is 298 g/mol. The smallest absolute Gasteiger partial charge is 0.311 e. The van der Waals surface area contributed by atoms with Crippen molar-refractivity contribution < 1.29 is 14.8 Å². The summed E-state index contributed by atoms with van der Waals surface area (Å²) in [7, 11) is 1.72. The van der Waals surface area contributed by atoms with Crippen molar-refractivity contribution in [3.8, 4) is 5.75 Å². The molecule has 0 saturated heterocycles. The molecule has 112 valence electrons. The van der Waals surface area contributed by atoms with Crippen molar-refractivity contribution in [1.29, 1.82) is 0 Å². The van der Waals surface area contributed by atoms with Gasteiger partial charge in [-0.1, -0.05) is 17.7 Å². The number of hydrogen-bond donors (Lipinski definition) is 1. The predicted molar refractivity (Wildman–Crippen MR) is 76.3 cm³/mol. The number of hydrogen-bond acceptors (Lipinski definition) is 5. The number of nitrogens with zero attached hydrogens (tertiary/aromatic N) is 3. The van der Waals surface area contributed by atoms with E-state index in [2.05, 4.69) is 5.10 Å². The van der Waals surface area contributed by atoms with Gasteiger partial charge in [-0.05, 0) is 18.6 Å². The Balaban J connectivity index is 2.25. The fraction of sp³-hybridized carbons (Fsp3) is 0.308. The summed E-state index contributed by atoms with van der Waals surface area (Å²) in [6, 6.07) is 4.31. The van der Waals surface area contributed by atoms with Gasteiger partial charge >= 0.3 is 5.69 Å². The molecule has 21 heavy (non-hydrogen) atoms. The molecule has 0 fully saturated rings. The minimum absolute atomic E-state index is 0.0650. The second-order valence-corrected chi connectivity index (χ2v) is 4.85. The van der Waals surface area contributed by atoms with Crippen LogP contribution in [0.2, 0.25) is 5.02 Å². The van der Waals surface area contributed by atoms with Crippen molar-refractivity contribution >= 4 is 17.3 Å². The number of halogens is 1.